The smallest absolute Gasteiger partial charge is 0.412 e. The van der Waals surface area contributed by atoms with Gasteiger partial charge >= 0.3 is 12.1 Å². The summed E-state index contributed by atoms with van der Waals surface area (Å²) in [6, 6.07) is 11.9. The lowest BCUT2D eigenvalue weighted by Gasteiger charge is -2.17. The van der Waals surface area contributed by atoms with Crippen molar-refractivity contribution in [2.45, 2.75) is 46.0 Å². The van der Waals surface area contributed by atoms with Crippen LogP contribution in [0.3, 0.4) is 0 Å². The van der Waals surface area contributed by atoms with Crippen LogP contribution in [0.1, 0.15) is 36.7 Å². The molecule has 2 aromatic rings. The van der Waals surface area contributed by atoms with Gasteiger partial charge < -0.3 is 32.9 Å². The molecule has 31 heavy (non-hydrogen) atoms. The van der Waals surface area contributed by atoms with Crippen LogP contribution in [0.5, 0.6) is 0 Å². The summed E-state index contributed by atoms with van der Waals surface area (Å²) in [7, 11) is 0. The standard InChI is InChI=1S/C22H27N3O5.ClH/c1-15(2)19(21(27)28)24-20(26)18-9-11-25(12-10-18)14-30-22(29)23-16(3)13-17-7-5-4-6-8-17;/h4-12,15-16,19H,13-14H2,1-3H3,(H2-,23,24,26,27,28,29);1H/t16-,19-;/m0./s1. The number of rotatable bonds is 9. The van der Waals surface area contributed by atoms with E-state index in [0.717, 1.165) is 5.56 Å². The normalized spacial score (nSPS) is 12.3. The van der Waals surface area contributed by atoms with Gasteiger partial charge in [-0.1, -0.05) is 44.2 Å². The number of carbonyl (C=O) groups is 3. The molecule has 0 fully saturated rings. The Hall–Kier alpha value is -3.13. The van der Waals surface area contributed by atoms with E-state index in [0.29, 0.717) is 12.0 Å². The molecule has 0 radical (unpaired) electrons. The Morgan fingerprint density at radius 2 is 1.61 bits per heavy atom. The van der Waals surface area contributed by atoms with E-state index in [1.165, 1.54) is 12.1 Å². The van der Waals surface area contributed by atoms with Crippen LogP contribution < -0.4 is 27.6 Å². The van der Waals surface area contributed by atoms with Crippen molar-refractivity contribution in [2.24, 2.45) is 5.92 Å². The molecular weight excluding hydrogens is 422 g/mol. The molecule has 3 N–H and O–H groups in total. The van der Waals surface area contributed by atoms with Gasteiger partial charge in [0.15, 0.2) is 12.4 Å². The van der Waals surface area contributed by atoms with Crippen LogP contribution in [0.15, 0.2) is 54.9 Å². The number of amides is 2. The van der Waals surface area contributed by atoms with Crippen molar-refractivity contribution in [3.8, 4) is 0 Å². The molecule has 9 heteroatoms. The van der Waals surface area contributed by atoms with Crippen LogP contribution in [0, 0.1) is 5.92 Å². The Morgan fingerprint density at radius 1 is 1.00 bits per heavy atom. The van der Waals surface area contributed by atoms with Gasteiger partial charge in [-0.05, 0) is 24.8 Å². The van der Waals surface area contributed by atoms with Crippen LogP contribution in [-0.2, 0) is 22.7 Å². The fourth-order valence-corrected chi connectivity index (χ4v) is 2.83. The number of nitrogens with zero attached hydrogens (tertiary/aromatic N) is 1. The first-order valence-corrected chi connectivity index (χ1v) is 9.76. The Labute approximate surface area is 188 Å². The maximum absolute atomic E-state index is 12.2. The quantitative estimate of drug-likeness (QED) is 0.431. The van der Waals surface area contributed by atoms with Crippen LogP contribution in [0.2, 0.25) is 0 Å². The summed E-state index contributed by atoms with van der Waals surface area (Å²) in [5, 5.41) is 14.5. The van der Waals surface area contributed by atoms with Crippen molar-refractivity contribution in [2.75, 3.05) is 0 Å². The van der Waals surface area contributed by atoms with Gasteiger partial charge in [0, 0.05) is 18.2 Å². The number of aliphatic carboxylic acids is 1. The van der Waals surface area contributed by atoms with Gasteiger partial charge in [0.1, 0.15) is 6.04 Å². The van der Waals surface area contributed by atoms with E-state index in [9.17, 15) is 19.5 Å². The van der Waals surface area contributed by atoms with Gasteiger partial charge in [0.2, 0.25) is 0 Å². The average molecular weight is 450 g/mol. The highest BCUT2D eigenvalue weighted by Crippen LogP contribution is 2.05. The molecule has 8 nitrogen and oxygen atoms in total. The maximum atomic E-state index is 12.2. The van der Waals surface area contributed by atoms with Gasteiger partial charge in [-0.15, -0.1) is 0 Å². The molecular formula is C22H28ClN3O5. The van der Waals surface area contributed by atoms with E-state index in [1.54, 1.807) is 30.8 Å². The lowest BCUT2D eigenvalue weighted by molar-refractivity contribution is -0.727. The van der Waals surface area contributed by atoms with Gasteiger partial charge in [-0.3, -0.25) is 4.79 Å². The first-order valence-electron chi connectivity index (χ1n) is 9.76. The number of benzene rings is 1. The van der Waals surface area contributed by atoms with Gasteiger partial charge in [-0.25, -0.2) is 9.59 Å². The number of ether oxygens (including phenoxy) is 1. The molecule has 168 valence electrons. The molecule has 0 bridgehead atoms. The van der Waals surface area contributed by atoms with Crippen molar-refractivity contribution in [1.29, 1.82) is 0 Å². The lowest BCUT2D eigenvalue weighted by Crippen LogP contribution is -3.00. The molecule has 0 aliphatic carbocycles. The minimum absolute atomic E-state index is 0. The molecule has 1 aromatic heterocycles. The zero-order valence-electron chi connectivity index (χ0n) is 17.7. The van der Waals surface area contributed by atoms with Crippen LogP contribution >= 0.6 is 0 Å². The van der Waals surface area contributed by atoms with E-state index in [1.807, 2.05) is 37.3 Å². The van der Waals surface area contributed by atoms with E-state index in [-0.39, 0.29) is 31.1 Å². The first-order chi connectivity index (χ1) is 14.3. The predicted molar refractivity (Wildman–Crippen MR) is 110 cm³/mol. The molecule has 2 atom stereocenters. The Bertz CT molecular complexity index is 859. The monoisotopic (exact) mass is 449 g/mol. The zero-order chi connectivity index (χ0) is 22.1. The van der Waals surface area contributed by atoms with E-state index in [4.69, 9.17) is 4.74 Å². The van der Waals surface area contributed by atoms with E-state index in [2.05, 4.69) is 10.6 Å². The highest BCUT2D eigenvalue weighted by molar-refractivity contribution is 5.96. The molecule has 0 aliphatic heterocycles. The summed E-state index contributed by atoms with van der Waals surface area (Å²) >= 11 is 0. The topological polar surface area (TPSA) is 109 Å². The molecule has 0 unspecified atom stereocenters. The molecule has 1 heterocycles. The number of carbonyl (C=O) groups excluding carboxylic acids is 2. The predicted octanol–water partition coefficient (Wildman–Crippen LogP) is -0.868. The van der Waals surface area contributed by atoms with Crippen LogP contribution in [-0.4, -0.2) is 35.2 Å². The number of carboxylic acid groups (broad SMARTS) is 1. The maximum Gasteiger partial charge on any atom is 0.412 e. The first kappa shape index (κ1) is 25.9. The molecule has 1 aromatic carbocycles. The fourth-order valence-electron chi connectivity index (χ4n) is 2.83. The van der Waals surface area contributed by atoms with Crippen LogP contribution in [0.4, 0.5) is 4.79 Å². The molecule has 0 aliphatic rings. The summed E-state index contributed by atoms with van der Waals surface area (Å²) < 4.78 is 6.79. The summed E-state index contributed by atoms with van der Waals surface area (Å²) in [6.07, 6.45) is 3.33. The Kier molecular flexibility index (Phi) is 10.5. The number of hydrogen-bond donors (Lipinski definition) is 3. The molecule has 0 spiro atoms. The molecule has 2 amide bonds. The van der Waals surface area contributed by atoms with Crippen molar-refractivity contribution in [1.82, 2.24) is 10.6 Å². The third-order valence-corrected chi connectivity index (χ3v) is 4.47. The largest absolute Gasteiger partial charge is 1.00 e. The summed E-state index contributed by atoms with van der Waals surface area (Å²) in [5.74, 6) is -1.79. The zero-order valence-corrected chi connectivity index (χ0v) is 18.5. The number of halogens is 1. The number of hydrogen-bond acceptors (Lipinski definition) is 4. The molecule has 2 rings (SSSR count). The van der Waals surface area contributed by atoms with E-state index >= 15 is 0 Å². The number of pyridine rings is 1. The van der Waals surface area contributed by atoms with Gasteiger partial charge in [0.05, 0.1) is 5.56 Å². The average Bonchev–Trinajstić information content (AvgIpc) is 2.70. The lowest BCUT2D eigenvalue weighted by atomic mass is 10.0. The highest BCUT2D eigenvalue weighted by atomic mass is 35.5. The summed E-state index contributed by atoms with van der Waals surface area (Å²) in [6.45, 7) is 5.33. The van der Waals surface area contributed by atoms with Gasteiger partial charge in [-0.2, -0.15) is 4.57 Å². The number of nitrogens with one attached hydrogen (secondary N) is 2. The third-order valence-electron chi connectivity index (χ3n) is 4.47. The minimum Gasteiger partial charge on any atom is -1.00 e. The molecule has 0 saturated carbocycles. The third kappa shape index (κ3) is 8.64. The minimum atomic E-state index is -1.08. The van der Waals surface area contributed by atoms with Crippen molar-refractivity contribution in [3.05, 3.63) is 66.0 Å². The Morgan fingerprint density at radius 3 is 2.16 bits per heavy atom. The van der Waals surface area contributed by atoms with Crippen molar-refractivity contribution < 1.29 is 41.2 Å². The number of carboxylic acids is 1. The SMILES string of the molecule is CC(C)[C@H](NC(=O)c1cc[n+](COC(=O)N[C@@H](C)Cc2ccccc2)cc1)C(=O)O.[Cl-]. The van der Waals surface area contributed by atoms with Crippen molar-refractivity contribution in [3.63, 3.8) is 0 Å². The number of alkyl carbamates (subject to hydrolysis) is 1. The van der Waals surface area contributed by atoms with Crippen LogP contribution in [0.25, 0.3) is 0 Å². The highest BCUT2D eigenvalue weighted by Gasteiger charge is 2.24. The second-order valence-corrected chi connectivity index (χ2v) is 7.43. The van der Waals surface area contributed by atoms with Crippen molar-refractivity contribution >= 4 is 18.0 Å². The Balaban J connectivity index is 0.00000480. The second kappa shape index (κ2) is 12.5. The number of aromatic nitrogens is 1. The summed E-state index contributed by atoms with van der Waals surface area (Å²) in [4.78, 5) is 35.4. The second-order valence-electron chi connectivity index (χ2n) is 7.43. The summed E-state index contributed by atoms with van der Waals surface area (Å²) in [5.41, 5.74) is 1.44. The molecule has 0 saturated heterocycles. The fraction of sp³-hybridized carbons (Fsp3) is 0.364. The van der Waals surface area contributed by atoms with E-state index < -0.39 is 24.0 Å². The van der Waals surface area contributed by atoms with Gasteiger partial charge in [0.25, 0.3) is 12.6 Å².